The van der Waals surface area contributed by atoms with Gasteiger partial charge < -0.3 is 5.32 Å². The van der Waals surface area contributed by atoms with Crippen molar-refractivity contribution in [3.8, 4) is 0 Å². The number of benzene rings is 1. The molecule has 0 saturated heterocycles. The monoisotopic (exact) mass is 369 g/mol. The van der Waals surface area contributed by atoms with E-state index in [9.17, 15) is 0 Å². The molecule has 2 rings (SSSR count). The van der Waals surface area contributed by atoms with Crippen molar-refractivity contribution in [3.63, 3.8) is 0 Å². The molecule has 1 aromatic carbocycles. The van der Waals surface area contributed by atoms with Crippen LogP contribution in [0.2, 0.25) is 0 Å². The summed E-state index contributed by atoms with van der Waals surface area (Å²) < 4.78 is 1.87. The lowest BCUT2D eigenvalue weighted by atomic mass is 10.1. The quantitative estimate of drug-likeness (QED) is 0.780. The number of anilines is 2. The predicted octanol–water partition coefficient (Wildman–Crippen LogP) is 4.67. The summed E-state index contributed by atoms with van der Waals surface area (Å²) in [6.07, 6.45) is 0. The molecule has 1 heterocycles. The van der Waals surface area contributed by atoms with Gasteiger partial charge in [-0.05, 0) is 60.0 Å². The lowest BCUT2D eigenvalue weighted by molar-refractivity contribution is 1.04. The molecule has 0 fully saturated rings. The first-order chi connectivity index (χ1) is 8.45. The summed E-state index contributed by atoms with van der Waals surface area (Å²) in [4.78, 5) is 8.56. The van der Waals surface area contributed by atoms with Crippen molar-refractivity contribution < 1.29 is 0 Å². The molecule has 5 heteroatoms. The van der Waals surface area contributed by atoms with Gasteiger partial charge in [-0.1, -0.05) is 15.9 Å². The largest absolute Gasteiger partial charge is 0.340 e. The van der Waals surface area contributed by atoms with E-state index in [4.69, 9.17) is 0 Å². The highest BCUT2D eigenvalue weighted by atomic mass is 79.9. The van der Waals surface area contributed by atoms with Crippen LogP contribution in [0.5, 0.6) is 0 Å². The normalized spacial score (nSPS) is 10.5. The predicted molar refractivity (Wildman–Crippen MR) is 81.4 cm³/mol. The average Bonchev–Trinajstić information content (AvgIpc) is 2.22. The smallest absolute Gasteiger partial charge is 0.135 e. The Hall–Kier alpha value is -0.940. The molecule has 1 N–H and O–H groups in total. The maximum Gasteiger partial charge on any atom is 0.135 e. The number of hydrogen-bond donors (Lipinski definition) is 1. The molecule has 0 atom stereocenters. The van der Waals surface area contributed by atoms with E-state index in [1.165, 1.54) is 11.1 Å². The minimum Gasteiger partial charge on any atom is -0.340 e. The van der Waals surface area contributed by atoms with Crippen LogP contribution >= 0.6 is 31.9 Å². The highest BCUT2D eigenvalue weighted by molar-refractivity contribution is 9.10. The first kappa shape index (κ1) is 13.5. The minimum absolute atomic E-state index is 0.735. The molecule has 1 aromatic heterocycles. The summed E-state index contributed by atoms with van der Waals surface area (Å²) in [6, 6.07) is 6.03. The number of hydrogen-bond acceptors (Lipinski definition) is 3. The van der Waals surface area contributed by atoms with E-state index in [0.29, 0.717) is 0 Å². The van der Waals surface area contributed by atoms with Crippen LogP contribution in [0.3, 0.4) is 0 Å². The molecule has 0 aliphatic heterocycles. The summed E-state index contributed by atoms with van der Waals surface area (Å²) in [6.45, 7) is 6.02. The summed E-state index contributed by atoms with van der Waals surface area (Å²) >= 11 is 6.87. The highest BCUT2D eigenvalue weighted by Crippen LogP contribution is 2.28. The number of aromatic nitrogens is 2. The Balaban J connectivity index is 2.40. The lowest BCUT2D eigenvalue weighted by Crippen LogP contribution is -2.00. The molecule has 3 nitrogen and oxygen atoms in total. The van der Waals surface area contributed by atoms with Crippen molar-refractivity contribution >= 4 is 43.4 Å². The fraction of sp³-hybridized carbons (Fsp3) is 0.231. The molecule has 0 radical (unpaired) electrons. The SMILES string of the molecule is Cc1nc(Br)cc(Nc2c(C)cc(Br)cc2C)n1. The van der Waals surface area contributed by atoms with Gasteiger partial charge in [0.05, 0.1) is 0 Å². The second kappa shape index (κ2) is 5.36. The van der Waals surface area contributed by atoms with Crippen LogP contribution in [0.25, 0.3) is 0 Å². The van der Waals surface area contributed by atoms with Gasteiger partial charge in [-0.3, -0.25) is 0 Å². The van der Waals surface area contributed by atoms with Crippen LogP contribution in [-0.2, 0) is 0 Å². The number of aryl methyl sites for hydroxylation is 3. The van der Waals surface area contributed by atoms with Crippen molar-refractivity contribution in [2.45, 2.75) is 20.8 Å². The highest BCUT2D eigenvalue weighted by Gasteiger charge is 2.06. The third-order valence-corrected chi connectivity index (χ3v) is 3.42. The van der Waals surface area contributed by atoms with Crippen LogP contribution in [-0.4, -0.2) is 9.97 Å². The molecule has 0 aliphatic rings. The van der Waals surface area contributed by atoms with Gasteiger partial charge >= 0.3 is 0 Å². The van der Waals surface area contributed by atoms with Crippen molar-refractivity contribution in [1.29, 1.82) is 0 Å². The molecular weight excluding hydrogens is 358 g/mol. The van der Waals surface area contributed by atoms with Crippen molar-refractivity contribution in [2.24, 2.45) is 0 Å². The fourth-order valence-electron chi connectivity index (χ4n) is 1.83. The second-order valence-electron chi connectivity index (χ2n) is 4.16. The van der Waals surface area contributed by atoms with Crippen molar-refractivity contribution in [2.75, 3.05) is 5.32 Å². The van der Waals surface area contributed by atoms with Crippen LogP contribution in [0, 0.1) is 20.8 Å². The van der Waals surface area contributed by atoms with E-state index in [1.54, 1.807) is 0 Å². The first-order valence-electron chi connectivity index (χ1n) is 5.50. The molecule has 0 bridgehead atoms. The van der Waals surface area contributed by atoms with Crippen molar-refractivity contribution in [1.82, 2.24) is 9.97 Å². The van der Waals surface area contributed by atoms with E-state index >= 15 is 0 Å². The van der Waals surface area contributed by atoms with E-state index in [-0.39, 0.29) is 0 Å². The van der Waals surface area contributed by atoms with Gasteiger partial charge in [-0.15, -0.1) is 0 Å². The Morgan fingerprint density at radius 2 is 1.56 bits per heavy atom. The summed E-state index contributed by atoms with van der Waals surface area (Å²) in [5.41, 5.74) is 3.44. The molecular formula is C13H13Br2N3. The zero-order valence-electron chi connectivity index (χ0n) is 10.4. The maximum absolute atomic E-state index is 4.37. The molecule has 18 heavy (non-hydrogen) atoms. The zero-order chi connectivity index (χ0) is 13.3. The molecule has 94 valence electrons. The van der Waals surface area contributed by atoms with Gasteiger partial charge in [-0.25, -0.2) is 9.97 Å². The number of rotatable bonds is 2. The number of halogens is 2. The Kier molecular flexibility index (Phi) is 4.02. The Morgan fingerprint density at radius 1 is 0.944 bits per heavy atom. The molecule has 0 amide bonds. The Morgan fingerprint density at radius 3 is 2.11 bits per heavy atom. The lowest BCUT2D eigenvalue weighted by Gasteiger charge is -2.13. The third kappa shape index (κ3) is 3.09. The van der Waals surface area contributed by atoms with Gasteiger partial charge in [0.15, 0.2) is 0 Å². The molecule has 2 aromatic rings. The summed E-state index contributed by atoms with van der Waals surface area (Å²) in [5, 5.41) is 3.35. The van der Waals surface area contributed by atoms with Crippen molar-refractivity contribution in [3.05, 3.63) is 44.2 Å². The van der Waals surface area contributed by atoms with Crippen LogP contribution < -0.4 is 5.32 Å². The molecule has 0 unspecified atom stereocenters. The zero-order valence-corrected chi connectivity index (χ0v) is 13.6. The van der Waals surface area contributed by atoms with Crippen LogP contribution in [0.4, 0.5) is 11.5 Å². The summed E-state index contributed by atoms with van der Waals surface area (Å²) in [7, 11) is 0. The van der Waals surface area contributed by atoms with Gasteiger partial charge in [0.2, 0.25) is 0 Å². The summed E-state index contributed by atoms with van der Waals surface area (Å²) in [5.74, 6) is 1.53. The Labute approximate surface area is 123 Å². The third-order valence-electron chi connectivity index (χ3n) is 2.56. The number of nitrogens with zero attached hydrogens (tertiary/aromatic N) is 2. The van der Waals surface area contributed by atoms with E-state index in [2.05, 4.69) is 73.1 Å². The average molecular weight is 371 g/mol. The first-order valence-corrected chi connectivity index (χ1v) is 7.09. The second-order valence-corrected chi connectivity index (χ2v) is 5.89. The van der Waals surface area contributed by atoms with Crippen LogP contribution in [0.15, 0.2) is 27.3 Å². The van der Waals surface area contributed by atoms with E-state index in [0.717, 1.165) is 26.4 Å². The van der Waals surface area contributed by atoms with E-state index in [1.807, 2.05) is 13.0 Å². The van der Waals surface area contributed by atoms with Gasteiger partial charge in [-0.2, -0.15) is 0 Å². The van der Waals surface area contributed by atoms with Crippen LogP contribution in [0.1, 0.15) is 17.0 Å². The van der Waals surface area contributed by atoms with E-state index < -0.39 is 0 Å². The standard InChI is InChI=1S/C13H13Br2N3/c1-7-4-10(14)5-8(2)13(7)18-12-6-11(15)16-9(3)17-12/h4-6H,1-3H3,(H,16,17,18). The fourth-order valence-corrected chi connectivity index (χ4v) is 2.99. The van der Waals surface area contributed by atoms with Gasteiger partial charge in [0.1, 0.15) is 16.2 Å². The molecule has 0 spiro atoms. The Bertz CT molecular complexity index is 554. The maximum atomic E-state index is 4.37. The topological polar surface area (TPSA) is 37.8 Å². The molecule has 0 saturated carbocycles. The van der Waals surface area contributed by atoms with Gasteiger partial charge in [0.25, 0.3) is 0 Å². The van der Waals surface area contributed by atoms with Gasteiger partial charge in [0, 0.05) is 16.2 Å². The number of nitrogens with one attached hydrogen (secondary N) is 1. The minimum atomic E-state index is 0.735. The molecule has 0 aliphatic carbocycles.